The topological polar surface area (TPSA) is 23.8 Å². The number of alkyl halides is 3. The quantitative estimate of drug-likeness (QED) is 0.735. The van der Waals surface area contributed by atoms with Gasteiger partial charge in [-0.2, -0.15) is 18.4 Å². The number of benzene rings is 1. The highest BCUT2D eigenvalue weighted by atomic mass is 19.4. The van der Waals surface area contributed by atoms with Crippen LogP contribution in [0.25, 0.3) is 0 Å². The van der Waals surface area contributed by atoms with Crippen LogP contribution in [0.15, 0.2) is 24.3 Å². The fourth-order valence-electron chi connectivity index (χ4n) is 1.21. The van der Waals surface area contributed by atoms with Crippen LogP contribution in [-0.2, 0) is 6.18 Å². The van der Waals surface area contributed by atoms with Gasteiger partial charge in [0, 0.05) is 0 Å². The zero-order valence-corrected chi connectivity index (χ0v) is 7.88. The van der Waals surface area contributed by atoms with E-state index in [0.29, 0.717) is 12.0 Å². The van der Waals surface area contributed by atoms with Crippen molar-refractivity contribution in [1.29, 1.82) is 5.26 Å². The van der Waals surface area contributed by atoms with Gasteiger partial charge in [-0.3, -0.25) is 0 Å². The van der Waals surface area contributed by atoms with E-state index >= 15 is 0 Å². The lowest BCUT2D eigenvalue weighted by molar-refractivity contribution is -0.137. The minimum Gasteiger partial charge on any atom is -0.198 e. The summed E-state index contributed by atoms with van der Waals surface area (Å²) in [6.07, 6.45) is -3.98. The molecule has 15 heavy (non-hydrogen) atoms. The lowest BCUT2D eigenvalue weighted by atomic mass is 9.97. The molecule has 0 saturated carbocycles. The van der Waals surface area contributed by atoms with E-state index in [0.717, 1.165) is 12.1 Å². The Bertz CT molecular complexity index is 359. The molecule has 1 nitrogen and oxygen atoms in total. The van der Waals surface area contributed by atoms with Gasteiger partial charge in [0.05, 0.1) is 17.6 Å². The molecule has 0 fully saturated rings. The lowest BCUT2D eigenvalue weighted by Gasteiger charge is -2.09. The van der Waals surface area contributed by atoms with Gasteiger partial charge in [-0.1, -0.05) is 19.1 Å². The van der Waals surface area contributed by atoms with E-state index in [1.807, 2.05) is 6.07 Å². The van der Waals surface area contributed by atoms with E-state index in [2.05, 4.69) is 6.92 Å². The van der Waals surface area contributed by atoms with Crippen molar-refractivity contribution >= 4 is 0 Å². The van der Waals surface area contributed by atoms with Crippen LogP contribution in [0.4, 0.5) is 13.2 Å². The predicted octanol–water partition coefficient (Wildman–Crippen LogP) is 3.54. The zero-order chi connectivity index (χ0) is 11.5. The summed E-state index contributed by atoms with van der Waals surface area (Å²) in [5, 5.41) is 8.70. The van der Waals surface area contributed by atoms with Gasteiger partial charge in [0.1, 0.15) is 0 Å². The lowest BCUT2D eigenvalue weighted by Crippen LogP contribution is -2.05. The van der Waals surface area contributed by atoms with Crippen LogP contribution < -0.4 is 0 Å². The summed E-state index contributed by atoms with van der Waals surface area (Å²) >= 11 is 0. The molecule has 1 atom stereocenters. The minimum atomic E-state index is -4.33. The van der Waals surface area contributed by atoms with Crippen LogP contribution in [0.3, 0.4) is 0 Å². The molecule has 0 bridgehead atoms. The van der Waals surface area contributed by atoms with Crippen LogP contribution in [-0.4, -0.2) is 0 Å². The van der Waals surface area contributed by atoms with Gasteiger partial charge in [0.2, 0.25) is 0 Å². The molecule has 1 radical (unpaired) electrons. The summed E-state index contributed by atoms with van der Waals surface area (Å²) in [6, 6.07) is 6.59. The number of nitrogens with zero attached hydrogens (tertiary/aromatic N) is 1. The van der Waals surface area contributed by atoms with Gasteiger partial charge in [-0.15, -0.1) is 0 Å². The predicted molar refractivity (Wildman–Crippen MR) is 49.8 cm³/mol. The van der Waals surface area contributed by atoms with Gasteiger partial charge in [0.15, 0.2) is 0 Å². The summed E-state index contributed by atoms with van der Waals surface area (Å²) in [5.74, 6) is -0.438. The second-order valence-corrected chi connectivity index (χ2v) is 3.09. The third kappa shape index (κ3) is 2.72. The van der Waals surface area contributed by atoms with Crippen molar-refractivity contribution in [1.82, 2.24) is 0 Å². The third-order valence-corrected chi connectivity index (χ3v) is 2.08. The maximum absolute atomic E-state index is 12.2. The molecule has 4 heteroatoms. The van der Waals surface area contributed by atoms with Crippen molar-refractivity contribution in [3.05, 3.63) is 42.3 Å². The molecular weight excluding hydrogens is 203 g/mol. The molecule has 0 spiro atoms. The maximum Gasteiger partial charge on any atom is 0.416 e. The van der Waals surface area contributed by atoms with Gasteiger partial charge in [0.25, 0.3) is 0 Å². The van der Waals surface area contributed by atoms with Crippen molar-refractivity contribution in [2.24, 2.45) is 0 Å². The van der Waals surface area contributed by atoms with Crippen LogP contribution >= 0.6 is 0 Å². The normalized spacial score (nSPS) is 13.3. The Balaban J connectivity index is 2.96. The molecule has 1 unspecified atom stereocenters. The number of halogens is 3. The second-order valence-electron chi connectivity index (χ2n) is 3.09. The van der Waals surface area contributed by atoms with Gasteiger partial charge >= 0.3 is 6.18 Å². The monoisotopic (exact) mass is 212 g/mol. The highest BCUT2D eigenvalue weighted by Crippen LogP contribution is 2.30. The van der Waals surface area contributed by atoms with Crippen LogP contribution in [0, 0.1) is 18.3 Å². The molecule has 0 amide bonds. The van der Waals surface area contributed by atoms with Crippen LogP contribution in [0.2, 0.25) is 0 Å². The number of rotatable bonds is 2. The first-order valence-corrected chi connectivity index (χ1v) is 4.35. The molecule has 0 aliphatic rings. The Morgan fingerprint density at radius 1 is 1.27 bits per heavy atom. The molecule has 1 rings (SSSR count). The SMILES string of the molecule is [CH2]CC(C#N)c1ccc(C(F)(F)F)cc1. The van der Waals surface area contributed by atoms with Crippen molar-refractivity contribution in [3.63, 3.8) is 0 Å². The summed E-state index contributed by atoms with van der Waals surface area (Å²) in [6.45, 7) is 3.56. The maximum atomic E-state index is 12.2. The Morgan fingerprint density at radius 3 is 2.13 bits per heavy atom. The van der Waals surface area contributed by atoms with Crippen LogP contribution in [0.5, 0.6) is 0 Å². The molecule has 0 aromatic heterocycles. The molecule has 79 valence electrons. The number of hydrogen-bond donors (Lipinski definition) is 0. The summed E-state index contributed by atoms with van der Waals surface area (Å²) in [7, 11) is 0. The molecule has 1 aromatic carbocycles. The Labute approximate surface area is 86.1 Å². The number of nitriles is 1. The van der Waals surface area contributed by atoms with E-state index in [1.165, 1.54) is 12.1 Å². The highest BCUT2D eigenvalue weighted by Gasteiger charge is 2.30. The highest BCUT2D eigenvalue weighted by molar-refractivity contribution is 5.30. The third-order valence-electron chi connectivity index (χ3n) is 2.08. The molecule has 0 aliphatic heterocycles. The van der Waals surface area contributed by atoms with Crippen LogP contribution in [0.1, 0.15) is 23.5 Å². The van der Waals surface area contributed by atoms with E-state index in [-0.39, 0.29) is 0 Å². The number of hydrogen-bond acceptors (Lipinski definition) is 1. The molecular formula is C11H9F3N. The van der Waals surface area contributed by atoms with E-state index in [1.54, 1.807) is 0 Å². The van der Waals surface area contributed by atoms with E-state index < -0.39 is 17.7 Å². The molecule has 0 N–H and O–H groups in total. The Kier molecular flexibility index (Phi) is 3.35. The Morgan fingerprint density at radius 2 is 1.80 bits per heavy atom. The van der Waals surface area contributed by atoms with E-state index in [9.17, 15) is 13.2 Å². The fraction of sp³-hybridized carbons (Fsp3) is 0.273. The largest absolute Gasteiger partial charge is 0.416 e. The fourth-order valence-corrected chi connectivity index (χ4v) is 1.21. The summed E-state index contributed by atoms with van der Waals surface area (Å²) in [5.41, 5.74) is -0.132. The minimum absolute atomic E-state index is 0.349. The van der Waals surface area contributed by atoms with Crippen molar-refractivity contribution < 1.29 is 13.2 Å². The van der Waals surface area contributed by atoms with E-state index in [4.69, 9.17) is 5.26 Å². The second kappa shape index (κ2) is 4.35. The van der Waals surface area contributed by atoms with Crippen molar-refractivity contribution in [2.75, 3.05) is 0 Å². The Hall–Kier alpha value is -1.50. The first-order chi connectivity index (χ1) is 6.99. The molecule has 0 saturated heterocycles. The molecule has 0 heterocycles. The summed E-state index contributed by atoms with van der Waals surface area (Å²) in [4.78, 5) is 0. The van der Waals surface area contributed by atoms with Crippen molar-refractivity contribution in [3.8, 4) is 6.07 Å². The summed E-state index contributed by atoms with van der Waals surface area (Å²) < 4.78 is 36.6. The van der Waals surface area contributed by atoms with Gasteiger partial charge < -0.3 is 0 Å². The zero-order valence-electron chi connectivity index (χ0n) is 7.88. The van der Waals surface area contributed by atoms with Crippen molar-refractivity contribution in [2.45, 2.75) is 18.5 Å². The van der Waals surface area contributed by atoms with Gasteiger partial charge in [-0.05, 0) is 24.1 Å². The smallest absolute Gasteiger partial charge is 0.198 e. The first kappa shape index (κ1) is 11.6. The average Bonchev–Trinajstić information content (AvgIpc) is 2.19. The molecule has 1 aromatic rings. The first-order valence-electron chi connectivity index (χ1n) is 4.35. The molecule has 0 aliphatic carbocycles. The average molecular weight is 212 g/mol. The standard InChI is InChI=1S/C11H9F3N/c1-2-8(7-15)9-3-5-10(6-4-9)11(12,13)14/h3-6,8H,1-2H2. The van der Waals surface area contributed by atoms with Gasteiger partial charge in [-0.25, -0.2) is 0 Å².